The largest absolute Gasteiger partial charge is 0.302 e. The quantitative estimate of drug-likeness (QED) is 0.675. The first-order valence-electron chi connectivity index (χ1n) is 4.65. The van der Waals surface area contributed by atoms with Gasteiger partial charge in [0, 0.05) is 32.1 Å². The molecule has 0 bridgehead atoms. The van der Waals surface area contributed by atoms with E-state index >= 15 is 0 Å². The van der Waals surface area contributed by atoms with Crippen LogP contribution in [0.3, 0.4) is 0 Å². The predicted octanol–water partition coefficient (Wildman–Crippen LogP) is -0.945. The second-order valence-corrected chi connectivity index (χ2v) is 5.36. The van der Waals surface area contributed by atoms with Crippen molar-refractivity contribution in [3.05, 3.63) is 11.3 Å². The van der Waals surface area contributed by atoms with Gasteiger partial charge in [0.1, 0.15) is 0 Å². The van der Waals surface area contributed by atoms with Crippen molar-refractivity contribution < 1.29 is 8.42 Å². The number of rotatable bonds is 1. The van der Waals surface area contributed by atoms with Crippen LogP contribution in [0.2, 0.25) is 0 Å². The lowest BCUT2D eigenvalue weighted by Crippen LogP contribution is -2.28. The molecule has 6 nitrogen and oxygen atoms in total. The number of hydrogen-bond acceptors (Lipinski definition) is 4. The Balaban J connectivity index is 2.61. The molecule has 0 saturated carbocycles. The zero-order valence-corrected chi connectivity index (χ0v) is 9.58. The van der Waals surface area contributed by atoms with Gasteiger partial charge in [-0.1, -0.05) is 0 Å². The summed E-state index contributed by atoms with van der Waals surface area (Å²) in [5.41, 5.74) is 1.59. The zero-order valence-electron chi connectivity index (χ0n) is 8.77. The summed E-state index contributed by atoms with van der Waals surface area (Å²) < 4.78 is 24.1. The summed E-state index contributed by atoms with van der Waals surface area (Å²) >= 11 is 0. The van der Waals surface area contributed by atoms with Gasteiger partial charge in [0.25, 0.3) is 10.0 Å². The summed E-state index contributed by atoms with van der Waals surface area (Å²) in [7, 11) is -0.125. The Kier molecular flexibility index (Phi) is 2.32. The van der Waals surface area contributed by atoms with Crippen LogP contribution in [0.4, 0.5) is 0 Å². The molecule has 1 aliphatic heterocycles. The molecule has 0 unspecified atom stereocenters. The molecule has 2 heterocycles. The fraction of sp³-hybridized carbons (Fsp3) is 0.625. The number of likely N-dealkylation sites (N-methyl/N-ethyl adjacent to an activating group) is 1. The lowest BCUT2D eigenvalue weighted by Gasteiger charge is -2.21. The van der Waals surface area contributed by atoms with E-state index in [0.717, 1.165) is 24.2 Å². The molecule has 0 atom stereocenters. The van der Waals surface area contributed by atoms with Crippen LogP contribution in [0.15, 0.2) is 5.03 Å². The molecule has 0 saturated heterocycles. The van der Waals surface area contributed by atoms with Crippen molar-refractivity contribution in [3.8, 4) is 0 Å². The lowest BCUT2D eigenvalue weighted by molar-refractivity contribution is 0.309. The van der Waals surface area contributed by atoms with E-state index in [9.17, 15) is 8.42 Å². The minimum absolute atomic E-state index is 0.143. The number of hydrogen-bond donors (Lipinski definition) is 1. The average Bonchev–Trinajstić information content (AvgIpc) is 2.38. The minimum atomic E-state index is -3.68. The Labute approximate surface area is 88.7 Å². The highest BCUT2D eigenvalue weighted by atomic mass is 32.2. The van der Waals surface area contributed by atoms with E-state index in [1.807, 2.05) is 7.05 Å². The van der Waals surface area contributed by atoms with Gasteiger partial charge in [-0.25, -0.2) is 13.6 Å². The smallest absolute Gasteiger partial charge is 0.255 e. The summed E-state index contributed by atoms with van der Waals surface area (Å²) in [5.74, 6) is 0. The monoisotopic (exact) mass is 230 g/mol. The molecule has 84 valence electrons. The van der Waals surface area contributed by atoms with Crippen LogP contribution >= 0.6 is 0 Å². The van der Waals surface area contributed by atoms with E-state index in [4.69, 9.17) is 5.14 Å². The van der Waals surface area contributed by atoms with E-state index in [2.05, 4.69) is 10.00 Å². The number of nitrogens with zero attached hydrogens (tertiary/aromatic N) is 3. The SMILES string of the molecule is CN1CCc2nn(C)c(S(N)(=O)=O)c2C1. The summed E-state index contributed by atoms with van der Waals surface area (Å²) in [5, 5.41) is 9.49. The molecule has 1 aromatic heterocycles. The molecular weight excluding hydrogens is 216 g/mol. The van der Waals surface area contributed by atoms with Crippen LogP contribution < -0.4 is 5.14 Å². The van der Waals surface area contributed by atoms with Gasteiger partial charge in [-0.05, 0) is 7.05 Å². The highest BCUT2D eigenvalue weighted by Crippen LogP contribution is 2.23. The van der Waals surface area contributed by atoms with Gasteiger partial charge < -0.3 is 4.90 Å². The maximum absolute atomic E-state index is 11.4. The summed E-state index contributed by atoms with van der Waals surface area (Å²) in [6.07, 6.45) is 0.773. The first-order chi connectivity index (χ1) is 6.89. The molecule has 0 amide bonds. The van der Waals surface area contributed by atoms with Crippen LogP contribution in [-0.4, -0.2) is 36.7 Å². The van der Waals surface area contributed by atoms with Crippen LogP contribution in [0, 0.1) is 0 Å². The van der Waals surface area contributed by atoms with Crippen LogP contribution in [0.1, 0.15) is 11.3 Å². The van der Waals surface area contributed by atoms with Gasteiger partial charge in [0.2, 0.25) is 0 Å². The van der Waals surface area contributed by atoms with Crippen LogP contribution in [0.25, 0.3) is 0 Å². The minimum Gasteiger partial charge on any atom is -0.302 e. The normalized spacial score (nSPS) is 17.8. The first-order valence-corrected chi connectivity index (χ1v) is 6.20. The highest BCUT2D eigenvalue weighted by molar-refractivity contribution is 7.89. The van der Waals surface area contributed by atoms with E-state index < -0.39 is 10.0 Å². The molecule has 1 aliphatic rings. The Morgan fingerprint density at radius 1 is 1.40 bits per heavy atom. The predicted molar refractivity (Wildman–Crippen MR) is 54.6 cm³/mol. The van der Waals surface area contributed by atoms with E-state index in [0.29, 0.717) is 6.54 Å². The van der Waals surface area contributed by atoms with Gasteiger partial charge in [-0.3, -0.25) is 4.68 Å². The Morgan fingerprint density at radius 3 is 2.67 bits per heavy atom. The molecule has 0 aromatic carbocycles. The molecule has 1 aromatic rings. The third-order valence-corrected chi connectivity index (χ3v) is 3.65. The molecule has 15 heavy (non-hydrogen) atoms. The summed E-state index contributed by atoms with van der Waals surface area (Å²) in [4.78, 5) is 2.05. The van der Waals surface area contributed by atoms with Crippen molar-refractivity contribution in [2.24, 2.45) is 12.2 Å². The van der Waals surface area contributed by atoms with E-state index in [1.54, 1.807) is 7.05 Å². The van der Waals surface area contributed by atoms with Gasteiger partial charge in [0.05, 0.1) is 5.69 Å². The number of aryl methyl sites for hydroxylation is 1. The fourth-order valence-electron chi connectivity index (χ4n) is 1.97. The van der Waals surface area contributed by atoms with Crippen molar-refractivity contribution >= 4 is 10.0 Å². The Morgan fingerprint density at radius 2 is 2.07 bits per heavy atom. The highest BCUT2D eigenvalue weighted by Gasteiger charge is 2.27. The van der Waals surface area contributed by atoms with Crippen molar-refractivity contribution in [2.75, 3.05) is 13.6 Å². The van der Waals surface area contributed by atoms with Gasteiger partial charge in [0.15, 0.2) is 5.03 Å². The summed E-state index contributed by atoms with van der Waals surface area (Å²) in [6, 6.07) is 0. The zero-order chi connectivity index (χ0) is 11.2. The molecule has 0 radical (unpaired) electrons. The number of fused-ring (bicyclic) bond motifs is 1. The molecular formula is C8H14N4O2S. The number of aromatic nitrogens is 2. The average molecular weight is 230 g/mol. The second-order valence-electron chi connectivity index (χ2n) is 3.89. The first kappa shape index (κ1) is 10.6. The Hall–Kier alpha value is -0.920. The maximum atomic E-state index is 11.4. The number of primary sulfonamides is 1. The topological polar surface area (TPSA) is 81.2 Å². The van der Waals surface area contributed by atoms with Crippen molar-refractivity contribution in [3.63, 3.8) is 0 Å². The van der Waals surface area contributed by atoms with Gasteiger partial charge in [-0.15, -0.1) is 0 Å². The molecule has 0 fully saturated rings. The van der Waals surface area contributed by atoms with E-state index in [1.165, 1.54) is 4.68 Å². The number of nitrogens with two attached hydrogens (primary N) is 1. The third kappa shape index (κ3) is 1.77. The molecule has 2 N–H and O–H groups in total. The van der Waals surface area contributed by atoms with Crippen LogP contribution in [-0.2, 0) is 30.0 Å². The number of sulfonamides is 1. The second kappa shape index (κ2) is 3.29. The third-order valence-electron chi connectivity index (χ3n) is 2.60. The molecule has 7 heteroatoms. The van der Waals surface area contributed by atoms with Gasteiger partial charge >= 0.3 is 0 Å². The lowest BCUT2D eigenvalue weighted by atomic mass is 10.1. The fourth-order valence-corrected chi connectivity index (χ4v) is 2.90. The van der Waals surface area contributed by atoms with Crippen molar-refractivity contribution in [2.45, 2.75) is 18.0 Å². The standard InChI is InChI=1S/C8H14N4O2S/c1-11-4-3-7-6(5-11)8(12(2)10-7)15(9,13)14/h3-5H2,1-2H3,(H2,9,13,14). The summed E-state index contributed by atoms with van der Waals surface area (Å²) in [6.45, 7) is 1.49. The Bertz CT molecular complexity index is 491. The maximum Gasteiger partial charge on any atom is 0.255 e. The molecule has 0 aliphatic carbocycles. The van der Waals surface area contributed by atoms with E-state index in [-0.39, 0.29) is 5.03 Å². The van der Waals surface area contributed by atoms with Crippen molar-refractivity contribution in [1.82, 2.24) is 14.7 Å². The van der Waals surface area contributed by atoms with Crippen LogP contribution in [0.5, 0.6) is 0 Å². The van der Waals surface area contributed by atoms with Crippen molar-refractivity contribution in [1.29, 1.82) is 0 Å². The molecule has 2 rings (SSSR count). The molecule has 0 spiro atoms. The van der Waals surface area contributed by atoms with Gasteiger partial charge in [-0.2, -0.15) is 5.10 Å².